The second-order valence-corrected chi connectivity index (χ2v) is 3.51. The number of rotatable bonds is 1. The van der Waals surface area contributed by atoms with Gasteiger partial charge >= 0.3 is 0 Å². The van der Waals surface area contributed by atoms with Crippen LogP contribution in [0.2, 0.25) is 0 Å². The van der Waals surface area contributed by atoms with Crippen LogP contribution >= 0.6 is 0 Å². The summed E-state index contributed by atoms with van der Waals surface area (Å²) in [4.78, 5) is 5.00. The van der Waals surface area contributed by atoms with Gasteiger partial charge in [0.25, 0.3) is 0 Å². The molecular formula is C8H13NO2. The van der Waals surface area contributed by atoms with Gasteiger partial charge in [0.1, 0.15) is 12.7 Å². The van der Waals surface area contributed by atoms with Crippen molar-refractivity contribution in [3.05, 3.63) is 0 Å². The van der Waals surface area contributed by atoms with Gasteiger partial charge < -0.3 is 9.57 Å². The number of hydrogen-bond acceptors (Lipinski definition) is 3. The standard InChI is InChI=1S/C8H13NO2/c1-5(2)8-7-6(3-10-8)4-11-9-7/h5-6,8H,3-4H2,1-2H3/t6-,8+/m0/s1. The molecule has 2 rings (SSSR count). The first-order valence-corrected chi connectivity index (χ1v) is 4.10. The summed E-state index contributed by atoms with van der Waals surface area (Å²) in [5.41, 5.74) is 1.13. The Hall–Kier alpha value is -0.570. The molecule has 3 nitrogen and oxygen atoms in total. The van der Waals surface area contributed by atoms with Crippen molar-refractivity contribution in [2.45, 2.75) is 20.0 Å². The lowest BCUT2D eigenvalue weighted by Gasteiger charge is -2.12. The molecule has 0 N–H and O–H groups in total. The number of ether oxygens (including phenoxy) is 1. The van der Waals surface area contributed by atoms with Gasteiger partial charge in [0.15, 0.2) is 0 Å². The van der Waals surface area contributed by atoms with Crippen LogP contribution in [0, 0.1) is 11.8 Å². The van der Waals surface area contributed by atoms with E-state index in [1.54, 1.807) is 0 Å². The van der Waals surface area contributed by atoms with Crippen molar-refractivity contribution < 1.29 is 9.57 Å². The molecule has 0 aromatic carbocycles. The summed E-state index contributed by atoms with van der Waals surface area (Å²) in [6, 6.07) is 0. The van der Waals surface area contributed by atoms with E-state index in [9.17, 15) is 0 Å². The fourth-order valence-corrected chi connectivity index (χ4v) is 1.62. The minimum atomic E-state index is 0.211. The quantitative estimate of drug-likeness (QED) is 0.566. The first-order chi connectivity index (χ1) is 5.29. The fraction of sp³-hybridized carbons (Fsp3) is 0.875. The molecule has 3 heteroatoms. The van der Waals surface area contributed by atoms with Gasteiger partial charge in [0.05, 0.1) is 18.2 Å². The molecule has 2 atom stereocenters. The zero-order valence-electron chi connectivity index (χ0n) is 6.91. The SMILES string of the molecule is CC(C)[C@H]1OC[C@H]2CON=C21. The van der Waals surface area contributed by atoms with E-state index in [1.165, 1.54) is 0 Å². The summed E-state index contributed by atoms with van der Waals surface area (Å²) in [6.45, 7) is 5.81. The van der Waals surface area contributed by atoms with E-state index in [2.05, 4.69) is 19.0 Å². The monoisotopic (exact) mass is 155 g/mol. The number of oxime groups is 1. The number of fused-ring (bicyclic) bond motifs is 1. The van der Waals surface area contributed by atoms with Gasteiger partial charge in [0.2, 0.25) is 0 Å². The molecule has 0 amide bonds. The zero-order chi connectivity index (χ0) is 7.84. The summed E-state index contributed by atoms with van der Waals surface area (Å²) < 4.78 is 5.57. The topological polar surface area (TPSA) is 30.8 Å². The molecule has 2 aliphatic rings. The summed E-state index contributed by atoms with van der Waals surface area (Å²) >= 11 is 0. The molecule has 2 heterocycles. The van der Waals surface area contributed by atoms with Crippen LogP contribution in [0.4, 0.5) is 0 Å². The van der Waals surface area contributed by atoms with E-state index in [1.807, 2.05) is 0 Å². The van der Waals surface area contributed by atoms with Gasteiger partial charge in [-0.25, -0.2) is 0 Å². The maximum Gasteiger partial charge on any atom is 0.127 e. The lowest BCUT2D eigenvalue weighted by atomic mass is 9.97. The summed E-state index contributed by atoms with van der Waals surface area (Å²) in [7, 11) is 0. The fourth-order valence-electron chi connectivity index (χ4n) is 1.62. The van der Waals surface area contributed by atoms with E-state index in [4.69, 9.17) is 9.57 Å². The Morgan fingerprint density at radius 1 is 1.45 bits per heavy atom. The van der Waals surface area contributed by atoms with Crippen molar-refractivity contribution in [2.24, 2.45) is 17.0 Å². The highest BCUT2D eigenvalue weighted by molar-refractivity contribution is 5.93. The van der Waals surface area contributed by atoms with Crippen molar-refractivity contribution in [2.75, 3.05) is 13.2 Å². The third kappa shape index (κ3) is 1.03. The predicted molar refractivity (Wildman–Crippen MR) is 41.5 cm³/mol. The molecule has 2 aliphatic heterocycles. The van der Waals surface area contributed by atoms with Crippen LogP contribution in [-0.4, -0.2) is 25.0 Å². The smallest absolute Gasteiger partial charge is 0.127 e. The molecule has 11 heavy (non-hydrogen) atoms. The molecule has 0 radical (unpaired) electrons. The van der Waals surface area contributed by atoms with E-state index in [-0.39, 0.29) is 6.10 Å². The predicted octanol–water partition coefficient (Wildman–Crippen LogP) is 1.04. The Morgan fingerprint density at radius 3 is 3.00 bits per heavy atom. The van der Waals surface area contributed by atoms with Gasteiger partial charge in [-0.05, 0) is 5.92 Å². The molecule has 0 saturated carbocycles. The van der Waals surface area contributed by atoms with E-state index >= 15 is 0 Å². The third-order valence-corrected chi connectivity index (χ3v) is 2.24. The average molecular weight is 155 g/mol. The van der Waals surface area contributed by atoms with Crippen LogP contribution in [0.5, 0.6) is 0 Å². The lowest BCUT2D eigenvalue weighted by molar-refractivity contribution is 0.0612. The van der Waals surface area contributed by atoms with Gasteiger partial charge in [-0.3, -0.25) is 0 Å². The van der Waals surface area contributed by atoms with Crippen LogP contribution in [0.15, 0.2) is 5.16 Å². The summed E-state index contributed by atoms with van der Waals surface area (Å²) in [5.74, 6) is 0.961. The molecular weight excluding hydrogens is 142 g/mol. The summed E-state index contributed by atoms with van der Waals surface area (Å²) in [6.07, 6.45) is 0.211. The first-order valence-electron chi connectivity index (χ1n) is 4.10. The molecule has 0 spiro atoms. The van der Waals surface area contributed by atoms with Crippen LogP contribution in [0.25, 0.3) is 0 Å². The van der Waals surface area contributed by atoms with Gasteiger partial charge in [-0.1, -0.05) is 19.0 Å². The van der Waals surface area contributed by atoms with E-state index in [0.717, 1.165) is 18.9 Å². The Labute approximate surface area is 66.4 Å². The highest BCUT2D eigenvalue weighted by Crippen LogP contribution is 2.26. The third-order valence-electron chi connectivity index (χ3n) is 2.24. The van der Waals surface area contributed by atoms with Crippen LogP contribution < -0.4 is 0 Å². The highest BCUT2D eigenvalue weighted by Gasteiger charge is 2.38. The Bertz CT molecular complexity index is 189. The zero-order valence-corrected chi connectivity index (χ0v) is 6.91. The minimum absolute atomic E-state index is 0.211. The largest absolute Gasteiger partial charge is 0.395 e. The van der Waals surface area contributed by atoms with E-state index < -0.39 is 0 Å². The van der Waals surface area contributed by atoms with Crippen molar-refractivity contribution in [3.63, 3.8) is 0 Å². The first kappa shape index (κ1) is 7.10. The lowest BCUT2D eigenvalue weighted by Crippen LogP contribution is -2.23. The Balaban J connectivity index is 2.14. The number of nitrogens with zero attached hydrogens (tertiary/aromatic N) is 1. The van der Waals surface area contributed by atoms with Crippen LogP contribution in [0.3, 0.4) is 0 Å². The van der Waals surface area contributed by atoms with Gasteiger partial charge in [0, 0.05) is 0 Å². The summed E-state index contributed by atoms with van der Waals surface area (Å²) in [5, 5.41) is 3.99. The average Bonchev–Trinajstić information content (AvgIpc) is 2.41. The van der Waals surface area contributed by atoms with Crippen molar-refractivity contribution in [1.82, 2.24) is 0 Å². The van der Waals surface area contributed by atoms with Crippen molar-refractivity contribution in [3.8, 4) is 0 Å². The maximum absolute atomic E-state index is 5.57. The highest BCUT2D eigenvalue weighted by atomic mass is 16.6. The van der Waals surface area contributed by atoms with Crippen molar-refractivity contribution in [1.29, 1.82) is 0 Å². The maximum atomic E-state index is 5.57. The van der Waals surface area contributed by atoms with Crippen LogP contribution in [-0.2, 0) is 9.57 Å². The minimum Gasteiger partial charge on any atom is -0.395 e. The Kier molecular flexibility index (Phi) is 1.60. The second-order valence-electron chi connectivity index (χ2n) is 3.51. The molecule has 0 aliphatic carbocycles. The molecule has 0 aromatic heterocycles. The molecule has 0 unspecified atom stereocenters. The Morgan fingerprint density at radius 2 is 2.27 bits per heavy atom. The molecule has 1 fully saturated rings. The van der Waals surface area contributed by atoms with Crippen LogP contribution in [0.1, 0.15) is 13.8 Å². The molecule has 0 aromatic rings. The van der Waals surface area contributed by atoms with Gasteiger partial charge in [-0.15, -0.1) is 0 Å². The molecule has 1 saturated heterocycles. The van der Waals surface area contributed by atoms with Gasteiger partial charge in [-0.2, -0.15) is 0 Å². The van der Waals surface area contributed by atoms with E-state index in [0.29, 0.717) is 11.8 Å². The molecule has 62 valence electrons. The normalized spacial score (nSPS) is 35.4. The number of hydrogen-bond donors (Lipinski definition) is 0. The second kappa shape index (κ2) is 2.48. The van der Waals surface area contributed by atoms with Crippen molar-refractivity contribution >= 4 is 5.71 Å². The molecule has 0 bridgehead atoms.